The van der Waals surface area contributed by atoms with E-state index >= 15 is 0 Å². The maximum atomic E-state index is 12.5. The Labute approximate surface area is 147 Å². The summed E-state index contributed by atoms with van der Waals surface area (Å²) in [6.07, 6.45) is 1.72. The molecular formula is C19H21ClN2O2. The first-order valence-electron chi connectivity index (χ1n) is 8.07. The van der Waals surface area contributed by atoms with Gasteiger partial charge in [0.15, 0.2) is 0 Å². The molecule has 5 heteroatoms. The Morgan fingerprint density at radius 2 is 1.79 bits per heavy atom. The number of nitrogens with one attached hydrogen (secondary N) is 1. The summed E-state index contributed by atoms with van der Waals surface area (Å²) in [7, 11) is 0. The first-order valence-corrected chi connectivity index (χ1v) is 8.45. The second-order valence-corrected chi connectivity index (χ2v) is 6.61. The molecule has 2 aromatic carbocycles. The third kappa shape index (κ3) is 3.55. The average Bonchev–Trinajstić information content (AvgIpc) is 2.61. The van der Waals surface area contributed by atoms with E-state index in [1.807, 2.05) is 36.4 Å². The van der Waals surface area contributed by atoms with Gasteiger partial charge in [0.1, 0.15) is 0 Å². The van der Waals surface area contributed by atoms with Crippen molar-refractivity contribution < 1.29 is 9.53 Å². The molecule has 0 aliphatic carbocycles. The van der Waals surface area contributed by atoms with Crippen molar-refractivity contribution in [3.05, 3.63) is 64.7 Å². The van der Waals surface area contributed by atoms with Crippen LogP contribution in [0.2, 0.25) is 5.02 Å². The van der Waals surface area contributed by atoms with Gasteiger partial charge < -0.3 is 15.8 Å². The molecule has 0 bridgehead atoms. The van der Waals surface area contributed by atoms with Gasteiger partial charge in [-0.25, -0.2) is 0 Å². The number of anilines is 1. The van der Waals surface area contributed by atoms with Crippen LogP contribution < -0.4 is 11.1 Å². The van der Waals surface area contributed by atoms with E-state index < -0.39 is 0 Å². The Kier molecular flexibility index (Phi) is 5.07. The molecule has 1 heterocycles. The number of carbonyl (C=O) groups is 1. The molecule has 3 N–H and O–H groups in total. The molecule has 0 aromatic heterocycles. The van der Waals surface area contributed by atoms with Gasteiger partial charge in [-0.15, -0.1) is 0 Å². The van der Waals surface area contributed by atoms with Crippen LogP contribution in [0.25, 0.3) is 0 Å². The number of nitrogen functional groups attached to an aromatic ring is 1. The third-order valence-corrected chi connectivity index (χ3v) is 4.95. The Morgan fingerprint density at radius 1 is 1.12 bits per heavy atom. The van der Waals surface area contributed by atoms with E-state index in [1.54, 1.807) is 12.1 Å². The van der Waals surface area contributed by atoms with Gasteiger partial charge in [0.2, 0.25) is 0 Å². The van der Waals surface area contributed by atoms with Gasteiger partial charge in [-0.05, 0) is 42.7 Å². The fraction of sp³-hybridized carbons (Fsp3) is 0.316. The van der Waals surface area contributed by atoms with Crippen LogP contribution in [0.15, 0.2) is 48.5 Å². The molecule has 0 radical (unpaired) electrons. The maximum Gasteiger partial charge on any atom is 0.253 e. The lowest BCUT2D eigenvalue weighted by Crippen LogP contribution is -2.44. The van der Waals surface area contributed by atoms with Crippen LogP contribution in [0.3, 0.4) is 0 Å². The number of para-hydroxylation sites is 1. The summed E-state index contributed by atoms with van der Waals surface area (Å²) >= 11 is 6.01. The number of hydrogen-bond donors (Lipinski definition) is 2. The number of ether oxygens (including phenoxy) is 1. The lowest BCUT2D eigenvalue weighted by atomic mass is 9.74. The predicted octanol–water partition coefficient (Wildman–Crippen LogP) is 3.40. The second kappa shape index (κ2) is 7.24. The van der Waals surface area contributed by atoms with E-state index in [-0.39, 0.29) is 11.3 Å². The zero-order valence-electron chi connectivity index (χ0n) is 13.4. The number of benzene rings is 2. The van der Waals surface area contributed by atoms with Crippen molar-refractivity contribution in [3.63, 3.8) is 0 Å². The molecule has 126 valence electrons. The maximum absolute atomic E-state index is 12.5. The molecule has 0 saturated carbocycles. The number of hydrogen-bond acceptors (Lipinski definition) is 3. The van der Waals surface area contributed by atoms with Gasteiger partial charge in [0.05, 0.1) is 5.56 Å². The number of nitrogens with two attached hydrogens (primary N) is 1. The lowest BCUT2D eigenvalue weighted by molar-refractivity contribution is 0.0487. The predicted molar refractivity (Wildman–Crippen MR) is 96.4 cm³/mol. The third-order valence-electron chi connectivity index (χ3n) is 4.70. The van der Waals surface area contributed by atoms with Crippen LogP contribution in [0, 0.1) is 0 Å². The average molecular weight is 345 g/mol. The van der Waals surface area contributed by atoms with E-state index in [0.717, 1.165) is 12.8 Å². The van der Waals surface area contributed by atoms with Crippen molar-refractivity contribution in [2.75, 3.05) is 25.5 Å². The standard InChI is InChI=1S/C19H21ClN2O2/c20-15-7-5-14(6-8-15)19(9-11-24-12-10-19)13-22-18(23)16-3-1-2-4-17(16)21/h1-8H,9-13,21H2,(H,22,23). The molecule has 1 saturated heterocycles. The van der Waals surface area contributed by atoms with Crippen LogP contribution in [-0.4, -0.2) is 25.7 Å². The highest BCUT2D eigenvalue weighted by molar-refractivity contribution is 6.30. The van der Waals surface area contributed by atoms with Crippen LogP contribution in [0.4, 0.5) is 5.69 Å². The lowest BCUT2D eigenvalue weighted by Gasteiger charge is -2.38. The Bertz CT molecular complexity index is 710. The Morgan fingerprint density at radius 3 is 2.46 bits per heavy atom. The fourth-order valence-corrected chi connectivity index (χ4v) is 3.31. The van der Waals surface area contributed by atoms with Crippen LogP contribution in [-0.2, 0) is 10.2 Å². The monoisotopic (exact) mass is 344 g/mol. The van der Waals surface area contributed by atoms with E-state index in [2.05, 4.69) is 5.32 Å². The van der Waals surface area contributed by atoms with Crippen LogP contribution in [0.5, 0.6) is 0 Å². The molecule has 1 aliphatic heterocycles. The highest BCUT2D eigenvalue weighted by atomic mass is 35.5. The minimum absolute atomic E-state index is 0.137. The zero-order chi connectivity index (χ0) is 17.0. The summed E-state index contributed by atoms with van der Waals surface area (Å²) in [6.45, 7) is 1.92. The number of carbonyl (C=O) groups excluding carboxylic acids is 1. The normalized spacial score (nSPS) is 16.5. The quantitative estimate of drug-likeness (QED) is 0.835. The van der Waals surface area contributed by atoms with Crippen LogP contribution in [0.1, 0.15) is 28.8 Å². The molecule has 0 spiro atoms. The van der Waals surface area contributed by atoms with Crippen LogP contribution >= 0.6 is 11.6 Å². The van der Waals surface area contributed by atoms with E-state index in [9.17, 15) is 4.79 Å². The molecule has 24 heavy (non-hydrogen) atoms. The molecule has 1 aliphatic rings. The Hall–Kier alpha value is -2.04. The van der Waals surface area contributed by atoms with E-state index in [0.29, 0.717) is 36.0 Å². The molecule has 4 nitrogen and oxygen atoms in total. The summed E-state index contributed by atoms with van der Waals surface area (Å²) < 4.78 is 5.52. The minimum atomic E-state index is -0.145. The van der Waals surface area contributed by atoms with Gasteiger partial charge >= 0.3 is 0 Å². The molecule has 0 unspecified atom stereocenters. The van der Waals surface area contributed by atoms with Gasteiger partial charge in [0, 0.05) is 35.9 Å². The summed E-state index contributed by atoms with van der Waals surface area (Å²) in [5.74, 6) is -0.145. The number of halogens is 1. The minimum Gasteiger partial charge on any atom is -0.398 e. The number of rotatable bonds is 4. The van der Waals surface area contributed by atoms with Crippen molar-refractivity contribution in [2.24, 2.45) is 0 Å². The van der Waals surface area contributed by atoms with Crippen molar-refractivity contribution in [1.82, 2.24) is 5.32 Å². The summed E-state index contributed by atoms with van der Waals surface area (Å²) in [6, 6.07) is 15.0. The molecule has 1 amide bonds. The summed E-state index contributed by atoms with van der Waals surface area (Å²) in [4.78, 5) is 12.5. The smallest absolute Gasteiger partial charge is 0.253 e. The molecular weight excluding hydrogens is 324 g/mol. The molecule has 0 atom stereocenters. The van der Waals surface area contributed by atoms with Crippen molar-refractivity contribution >= 4 is 23.2 Å². The summed E-state index contributed by atoms with van der Waals surface area (Å²) in [5, 5.41) is 3.77. The highest BCUT2D eigenvalue weighted by Crippen LogP contribution is 2.35. The first-order chi connectivity index (χ1) is 11.6. The number of amides is 1. The Balaban J connectivity index is 1.79. The van der Waals surface area contributed by atoms with Gasteiger partial charge in [-0.2, -0.15) is 0 Å². The molecule has 1 fully saturated rings. The van der Waals surface area contributed by atoms with E-state index in [1.165, 1.54) is 5.56 Å². The second-order valence-electron chi connectivity index (χ2n) is 6.17. The first kappa shape index (κ1) is 16.8. The van der Waals surface area contributed by atoms with Crippen molar-refractivity contribution in [2.45, 2.75) is 18.3 Å². The fourth-order valence-electron chi connectivity index (χ4n) is 3.18. The summed E-state index contributed by atoms with van der Waals surface area (Å²) in [5.41, 5.74) is 7.93. The van der Waals surface area contributed by atoms with Gasteiger partial charge in [-0.1, -0.05) is 35.9 Å². The topological polar surface area (TPSA) is 64.4 Å². The molecule has 3 rings (SSSR count). The van der Waals surface area contributed by atoms with Crippen molar-refractivity contribution in [3.8, 4) is 0 Å². The van der Waals surface area contributed by atoms with Crippen molar-refractivity contribution in [1.29, 1.82) is 0 Å². The molecule has 2 aromatic rings. The largest absolute Gasteiger partial charge is 0.398 e. The zero-order valence-corrected chi connectivity index (χ0v) is 14.2. The highest BCUT2D eigenvalue weighted by Gasteiger charge is 2.35. The van der Waals surface area contributed by atoms with Gasteiger partial charge in [0.25, 0.3) is 5.91 Å². The van der Waals surface area contributed by atoms with E-state index in [4.69, 9.17) is 22.1 Å². The SMILES string of the molecule is Nc1ccccc1C(=O)NCC1(c2ccc(Cl)cc2)CCOCC1. The van der Waals surface area contributed by atoms with Gasteiger partial charge in [-0.3, -0.25) is 4.79 Å².